The number of benzene rings is 1. The molecule has 0 saturated heterocycles. The van der Waals surface area contributed by atoms with Crippen LogP contribution in [0.1, 0.15) is 268 Å². The van der Waals surface area contributed by atoms with Crippen molar-refractivity contribution in [3.8, 4) is 0 Å². The summed E-state index contributed by atoms with van der Waals surface area (Å²) in [7, 11) is 12.3. The molecule has 31 nitrogen and oxygen atoms in total. The number of unbranched alkanes of at least 4 members (excludes halogenated alkanes) is 2. The molecule has 0 fully saturated rings. The van der Waals surface area contributed by atoms with E-state index in [9.17, 15) is 38.4 Å². The van der Waals surface area contributed by atoms with Gasteiger partial charge in [-0.3, -0.25) is 0 Å². The number of ether oxygens (including phenoxy) is 8. The van der Waals surface area contributed by atoms with Gasteiger partial charge in [0.1, 0.15) is 122 Å². The Labute approximate surface area is 858 Å². The number of furan rings is 4. The summed E-state index contributed by atoms with van der Waals surface area (Å²) >= 11 is 0. The third-order valence-electron chi connectivity index (χ3n) is 26.2. The Morgan fingerprint density at radius 2 is 0.476 bits per heavy atom. The molecular weight excluding hydrogens is 1820 g/mol. The summed E-state index contributed by atoms with van der Waals surface area (Å²) in [5.74, 6) is -1.49. The lowest BCUT2D eigenvalue weighted by Crippen LogP contribution is -2.51. The maximum absolute atomic E-state index is 11.8. The fraction of sp³-hybridized carbons (Fsp3) is 0.607. The summed E-state index contributed by atoms with van der Waals surface area (Å²) in [4.78, 5) is 101. The van der Waals surface area contributed by atoms with Crippen molar-refractivity contribution in [2.45, 2.75) is 189 Å². The van der Waals surface area contributed by atoms with E-state index in [2.05, 4.69) is 161 Å². The minimum absolute atomic E-state index is 0.255. The monoisotopic (exact) mass is 2010 g/mol. The maximum atomic E-state index is 11.8. The highest BCUT2D eigenvalue weighted by molar-refractivity contribution is 5.90. The SMILES string of the molecule is CCCC[N+](CC)(CCC)CCOC(=O)/C=C/c1ccccc1.CCCC[N+](CC)(CCC)CCOC(=O)c1ccco1.CCC[N+](CC)(CCC)CCOC(=O)c1ccc[nH]1.CCC[N+](CC)(CCC)CCOC(=O)c1ccco1.CC[N+](CC)(CC)CCOC(=O)c1ccc[nH]1.CC[N+](CC)(CC)CCOC(=O)c1ccco1.C[N+](C)(C)CCOC(=O)c1ccc[nH]1.C[N+](C)(C)CCOC(=O)c1ccco1. The lowest BCUT2D eigenvalue weighted by atomic mass is 10.2. The molecule has 0 radical (unpaired) electrons. The zero-order valence-electron chi connectivity index (χ0n) is 92.5. The third kappa shape index (κ3) is 55.3. The number of H-pyrrole nitrogens is 3. The number of nitrogens with zero attached hydrogens (tertiary/aromatic N) is 8. The number of aromatic amines is 3. The molecule has 8 aromatic rings. The number of carbonyl (C=O) groups excluding carboxylic acids is 8. The number of esters is 8. The fourth-order valence-electron chi connectivity index (χ4n) is 16.4. The Morgan fingerprint density at radius 3 is 0.685 bits per heavy atom. The summed E-state index contributed by atoms with van der Waals surface area (Å²) in [6.07, 6.45) is 26.2. The van der Waals surface area contributed by atoms with E-state index < -0.39 is 5.97 Å². The first-order valence-electron chi connectivity index (χ1n) is 52.8. The highest BCUT2D eigenvalue weighted by Crippen LogP contribution is 2.19. The zero-order chi connectivity index (χ0) is 107. The molecule has 7 aromatic heterocycles. The molecule has 7 heterocycles. The van der Waals surface area contributed by atoms with Crippen molar-refractivity contribution in [2.75, 3.05) is 265 Å². The number of rotatable bonds is 61. The highest BCUT2D eigenvalue weighted by atomic mass is 16.6. The van der Waals surface area contributed by atoms with Crippen LogP contribution in [0.15, 0.2) is 183 Å². The van der Waals surface area contributed by atoms with Gasteiger partial charge in [-0.05, 0) is 217 Å². The van der Waals surface area contributed by atoms with Crippen molar-refractivity contribution in [2.24, 2.45) is 0 Å². The second kappa shape index (κ2) is 75.1. The lowest BCUT2D eigenvalue weighted by molar-refractivity contribution is -0.927. The van der Waals surface area contributed by atoms with E-state index in [0.29, 0.717) is 69.9 Å². The predicted molar refractivity (Wildman–Crippen MR) is 568 cm³/mol. The van der Waals surface area contributed by atoms with Gasteiger partial charge in [0.25, 0.3) is 0 Å². The van der Waals surface area contributed by atoms with E-state index in [-0.39, 0.29) is 64.8 Å². The van der Waals surface area contributed by atoms with Crippen LogP contribution >= 0.6 is 0 Å². The number of nitrogens with one attached hydrogen (secondary N) is 3. The van der Waals surface area contributed by atoms with Crippen LogP contribution in [0.2, 0.25) is 0 Å². The van der Waals surface area contributed by atoms with Gasteiger partial charge in [0.2, 0.25) is 23.0 Å². The molecule has 0 aliphatic heterocycles. The van der Waals surface area contributed by atoms with Crippen molar-refractivity contribution < 1.29 is 130 Å². The molecule has 3 N–H and O–H groups in total. The first-order valence-corrected chi connectivity index (χ1v) is 52.8. The van der Waals surface area contributed by atoms with Crippen molar-refractivity contribution in [3.63, 3.8) is 0 Å². The number of quaternary nitrogens is 8. The number of hydrogen-bond acceptors (Lipinski definition) is 20. The Kier molecular flexibility index (Phi) is 68.5. The largest absolute Gasteiger partial charge is 0.457 e. The second-order valence-corrected chi connectivity index (χ2v) is 38.1. The minimum Gasteiger partial charge on any atom is -0.457 e. The van der Waals surface area contributed by atoms with Gasteiger partial charge in [-0.25, -0.2) is 38.4 Å². The smallest absolute Gasteiger partial charge is 0.374 e. The summed E-state index contributed by atoms with van der Waals surface area (Å²) in [5.41, 5.74) is 2.57. The lowest BCUT2D eigenvalue weighted by Gasteiger charge is -2.37. The van der Waals surface area contributed by atoms with Crippen molar-refractivity contribution >= 4 is 53.8 Å². The number of carbonyl (C=O) groups is 8. The maximum Gasteiger partial charge on any atom is 0.374 e. The number of hydrogen-bond donors (Lipinski definition) is 3. The van der Waals surface area contributed by atoms with Gasteiger partial charge in [0.05, 0.1) is 185 Å². The van der Waals surface area contributed by atoms with Crippen molar-refractivity contribution in [3.05, 3.63) is 211 Å². The third-order valence-corrected chi connectivity index (χ3v) is 26.2. The number of aromatic nitrogens is 3. The van der Waals surface area contributed by atoms with Crippen LogP contribution in [0.4, 0.5) is 0 Å². The number of likely N-dealkylation sites (N-methyl/N-ethyl adjacent to an activating group) is 8. The Bertz CT molecular complexity index is 4270. The van der Waals surface area contributed by atoms with Crippen molar-refractivity contribution in [1.82, 2.24) is 15.0 Å². The van der Waals surface area contributed by atoms with Crippen LogP contribution in [0.25, 0.3) is 6.08 Å². The van der Waals surface area contributed by atoms with Crippen LogP contribution < -0.4 is 0 Å². The molecule has 2 unspecified atom stereocenters. The van der Waals surface area contributed by atoms with Crippen LogP contribution in [-0.2, 0) is 42.7 Å². The topological polar surface area (TPSA) is 310 Å². The normalized spacial score (nSPS) is 12.2. The molecule has 31 heteroatoms. The molecule has 143 heavy (non-hydrogen) atoms. The van der Waals surface area contributed by atoms with E-state index in [1.54, 1.807) is 110 Å². The highest BCUT2D eigenvalue weighted by Gasteiger charge is 2.31. The summed E-state index contributed by atoms with van der Waals surface area (Å²) in [6.45, 7) is 70.3. The van der Waals surface area contributed by atoms with E-state index in [1.165, 1.54) is 89.2 Å². The summed E-state index contributed by atoms with van der Waals surface area (Å²) in [6, 6.07) is 33.5. The molecule has 0 bridgehead atoms. The van der Waals surface area contributed by atoms with Crippen LogP contribution in [0.5, 0.6) is 0 Å². The van der Waals surface area contributed by atoms with Gasteiger partial charge in [0.15, 0.2) is 0 Å². The first kappa shape index (κ1) is 130. The van der Waals surface area contributed by atoms with Crippen LogP contribution in [0.3, 0.4) is 0 Å². The van der Waals surface area contributed by atoms with Gasteiger partial charge >= 0.3 is 47.8 Å². The first-order chi connectivity index (χ1) is 68.5. The van der Waals surface area contributed by atoms with E-state index in [0.717, 1.165) is 218 Å². The molecule has 0 aliphatic rings. The van der Waals surface area contributed by atoms with Gasteiger partial charge in [-0.15, -0.1) is 0 Å². The van der Waals surface area contributed by atoms with Gasteiger partial charge in [0, 0.05) is 24.7 Å². The minimum atomic E-state index is -0.400. The molecule has 806 valence electrons. The molecular formula is C112H191N11O20+8. The van der Waals surface area contributed by atoms with Gasteiger partial charge in [-0.2, -0.15) is 0 Å². The molecule has 0 spiro atoms. The Hall–Kier alpha value is -10.6. The molecule has 2 atom stereocenters. The average Bonchev–Trinajstić information content (AvgIpc) is 1.56. The summed E-state index contributed by atoms with van der Waals surface area (Å²) < 4.78 is 69.6. The Balaban J connectivity index is 0.000000821. The Morgan fingerprint density at radius 1 is 0.245 bits per heavy atom. The predicted octanol–water partition coefficient (Wildman–Crippen LogP) is 20.1. The van der Waals surface area contributed by atoms with E-state index in [4.69, 9.17) is 55.6 Å². The summed E-state index contributed by atoms with van der Waals surface area (Å²) in [5, 5.41) is 0. The van der Waals surface area contributed by atoms with E-state index >= 15 is 0 Å². The van der Waals surface area contributed by atoms with E-state index in [1.807, 2.05) is 51.5 Å². The molecule has 8 rings (SSSR count). The second-order valence-electron chi connectivity index (χ2n) is 38.1. The molecule has 0 saturated carbocycles. The van der Waals surface area contributed by atoms with Crippen LogP contribution in [-0.4, -0.2) is 364 Å². The quantitative estimate of drug-likeness (QED) is 0.0138. The van der Waals surface area contributed by atoms with Gasteiger partial charge in [-0.1, -0.05) is 98.6 Å². The molecule has 0 amide bonds. The molecule has 1 aromatic carbocycles. The average molecular weight is 2010 g/mol. The standard InChI is InChI=1S/C20H32NO2.C16H28NO3.C15H26N2O2.C15H26NO3.C13H22N2O2.C13H22NO3.C10H16N2O2.C10H16NO3/c1-4-7-16-21(6-3,15-5-2)17-18-23-20(22)14-13-19-11-9-8-10-12-19;1-4-7-11-17(6-3,10-5-2)12-14-20-16(18)15-9-8-13-19-15;1-4-10-17(6-3,11-5-2)12-13-19-15(18)14-8-7-9-16-14;1-4-9-16(6-3,10-5-2)11-13-19-15(17)14-8-7-12-18-14;1-4-15(5-2,6-3)10-11-17-13(16)12-8-7-9-14-12;1-4-14(5-2,6-3)9-11-17-13(15)12-8-7-10-16-12;1-12(2,3)7-8-14-10(13)9-5-4-6-11-9;1-11(2,3)6-8-14-10(12)9-5-4-7-13-9/h8-14H,4-7,15-18H2,1-3H3;8-9,13H,4-7,10-12,14H2,1-3H3;7-9H,4-6,10-13H2,1-3H3;7-8,12H,4-6,9-11,13H2,1-3H3;7-9H,4-6,10-11H2,1-3H3;7-8,10H,4-6,9,11H2,1-3H3;4-6H,7-8H2,1-3H3;4-5,7H,6,8H2,1-3H3/q2*+1;;+1;;+1;;+1/p+3/b14-13+;;;;;;;. The van der Waals surface area contributed by atoms with Crippen LogP contribution in [0, 0.1) is 0 Å². The van der Waals surface area contributed by atoms with Crippen molar-refractivity contribution in [1.29, 1.82) is 0 Å². The fourth-order valence-corrected chi connectivity index (χ4v) is 16.4. The van der Waals surface area contributed by atoms with Gasteiger partial charge < -0.3 is 106 Å². The molecule has 0 aliphatic carbocycles. The zero-order valence-corrected chi connectivity index (χ0v) is 92.5.